The molecule has 0 unspecified atom stereocenters. The predicted octanol–water partition coefficient (Wildman–Crippen LogP) is 0.417. The monoisotopic (exact) mass is 1780 g/mol. The number of benzene rings is 2. The molecular formula is C81H113N5O39. The normalized spacial score (nSPS) is 22.2. The number of amides is 5. The molecule has 3 fully saturated rings. The predicted molar refractivity (Wildman–Crippen MR) is 417 cm³/mol. The summed E-state index contributed by atoms with van der Waals surface area (Å²) < 4.78 is 123. The summed E-state index contributed by atoms with van der Waals surface area (Å²) in [5.74, 6) is -12.6. The first-order valence-corrected chi connectivity index (χ1v) is 40.0. The average molecular weight is 1780 g/mol. The summed E-state index contributed by atoms with van der Waals surface area (Å²) in [5, 5.41) is 13.9. The van der Waals surface area contributed by atoms with Crippen LogP contribution in [0, 0.1) is 0 Å². The maximum absolute atomic E-state index is 15.2. The van der Waals surface area contributed by atoms with Gasteiger partial charge in [-0.15, -0.1) is 0 Å². The van der Waals surface area contributed by atoms with Crippen LogP contribution in [0.5, 0.6) is 0 Å². The second-order valence-corrected chi connectivity index (χ2v) is 28.4. The van der Waals surface area contributed by atoms with Crippen LogP contribution in [-0.4, -0.2) is 304 Å². The molecule has 44 heteroatoms. The highest BCUT2D eigenvalue weighted by molar-refractivity contribution is 5.87. The van der Waals surface area contributed by atoms with Gasteiger partial charge in [-0.2, -0.15) is 0 Å². The van der Waals surface area contributed by atoms with Crippen LogP contribution in [-0.2, 0) is 194 Å². The van der Waals surface area contributed by atoms with Gasteiger partial charge in [-0.05, 0) is 30.4 Å². The molecule has 696 valence electrons. The minimum atomic E-state index is -1.68. The first-order chi connectivity index (χ1) is 59.4. The number of hydrogen-bond acceptors (Lipinski definition) is 39. The summed E-state index contributed by atoms with van der Waals surface area (Å²) in [7, 11) is 0. The molecule has 2 aromatic rings. The van der Waals surface area contributed by atoms with Gasteiger partial charge >= 0.3 is 77.7 Å². The van der Waals surface area contributed by atoms with E-state index in [9.17, 15) is 76.7 Å². The maximum Gasteiger partial charge on any atom is 0.408 e. The average Bonchev–Trinajstić information content (AvgIpc) is 0.796. The summed E-state index contributed by atoms with van der Waals surface area (Å²) in [6.45, 7) is 8.67. The Morgan fingerprint density at radius 2 is 0.608 bits per heavy atom. The molecule has 0 saturated carbocycles. The molecule has 5 amide bonds. The molecule has 0 aromatic heterocycles. The van der Waals surface area contributed by atoms with Crippen molar-refractivity contribution in [1.82, 2.24) is 26.6 Å². The zero-order valence-electron chi connectivity index (χ0n) is 71.7. The SMILES string of the molecule is CC(=O)OC[C@H]1O[C@@H](OCCOCCNC(=O)CCC(CCC(=O)NCCOCCO[C@@H]2O[C@H](COC(C)=O)[C@H](OC(C)=O)[C@H](OC(C)=O)[C@H]2OC(C)=O)(CCC(=O)NCCOCCO[C@@H]2O[C@H](COC(C)=O)[C@H](OC(C)=O)[C@H](OC(C)=O)[C@H]2OC(C)=O)NC(=O)[C@H](Cc2ccccc2)NC(=O)OCc2ccccc2)[C@H](OC(C)=O)[C@@H](OC(C)=O)[C@H]1OC(C)=O. The first-order valence-electron chi connectivity index (χ1n) is 40.0. The van der Waals surface area contributed by atoms with Crippen LogP contribution < -0.4 is 26.6 Å². The van der Waals surface area contributed by atoms with E-state index in [2.05, 4.69) is 26.6 Å². The van der Waals surface area contributed by atoms with Crippen molar-refractivity contribution in [2.75, 3.05) is 98.9 Å². The van der Waals surface area contributed by atoms with Gasteiger partial charge in [0.05, 0.1) is 59.5 Å². The van der Waals surface area contributed by atoms with Crippen molar-refractivity contribution in [3.8, 4) is 0 Å². The van der Waals surface area contributed by atoms with Gasteiger partial charge in [0.2, 0.25) is 23.6 Å². The van der Waals surface area contributed by atoms with E-state index in [0.29, 0.717) is 11.1 Å². The Hall–Kier alpha value is -11.1. The molecule has 3 aliphatic heterocycles. The van der Waals surface area contributed by atoms with Crippen molar-refractivity contribution >= 4 is 101 Å². The molecule has 125 heavy (non-hydrogen) atoms. The quantitative estimate of drug-likeness (QED) is 0.0340. The highest BCUT2D eigenvalue weighted by Crippen LogP contribution is 2.34. The van der Waals surface area contributed by atoms with Crippen molar-refractivity contribution in [3.63, 3.8) is 0 Å². The molecule has 0 bridgehead atoms. The fourth-order valence-corrected chi connectivity index (χ4v) is 12.9. The van der Waals surface area contributed by atoms with Gasteiger partial charge in [0.25, 0.3) is 0 Å². The van der Waals surface area contributed by atoms with Gasteiger partial charge in [0.1, 0.15) is 50.8 Å². The number of carbonyl (C=O) groups is 17. The van der Waals surface area contributed by atoms with E-state index in [1.807, 2.05) is 0 Å². The van der Waals surface area contributed by atoms with Crippen LogP contribution in [0.15, 0.2) is 60.7 Å². The van der Waals surface area contributed by atoms with E-state index in [1.165, 1.54) is 0 Å². The standard InChI is InChI=1S/C81H113N5O39/c1-46(87)110-43-61-67(114-49(4)90)70(117-52(7)93)73(120-55(10)96)77(123-61)107-38-35-104-32-29-82-64(99)23-26-81(86-76(102)60(41-58-19-15-13-16-20-58)85-80(103)113-42-59-21-17-14-18-22-59,27-24-65(100)83-30-33-105-36-39-108-78-74(121-56(11)97)71(118-53(8)94)68(115-50(5)91)62(124-78)44-111-47(2)88)28-25-66(101)84-31-34-106-37-40-109-79-75(122-57(12)98)72(119-54(9)95)69(116-51(6)92)63(125-79)45-112-48(3)89/h13-22,60-63,67-75,77-79H,23-45H2,1-12H3,(H,82,99)(H,83,100)(H,84,101)(H,85,103)(H,86,102)/t60-,61+,62+,63+,67-,68-,69-,70-,71-,72-,73+,74+,75+,77+,78+,79+/m0/s1. The molecule has 16 atom stereocenters. The van der Waals surface area contributed by atoms with Crippen molar-refractivity contribution in [1.29, 1.82) is 0 Å². The third kappa shape index (κ3) is 40.2. The molecule has 2 aromatic carbocycles. The van der Waals surface area contributed by atoms with Crippen molar-refractivity contribution in [3.05, 3.63) is 71.8 Å². The molecule has 3 heterocycles. The Kier molecular flexibility index (Phi) is 46.2. The van der Waals surface area contributed by atoms with Crippen LogP contribution in [0.1, 0.15) is 133 Å². The van der Waals surface area contributed by atoms with Crippen molar-refractivity contribution in [2.45, 2.75) is 238 Å². The lowest BCUT2D eigenvalue weighted by molar-refractivity contribution is -0.309. The number of carbonyl (C=O) groups excluding carboxylic acids is 17. The number of rotatable bonds is 52. The Balaban J connectivity index is 1.38. The largest absolute Gasteiger partial charge is 0.463 e. The minimum Gasteiger partial charge on any atom is -0.463 e. The smallest absolute Gasteiger partial charge is 0.408 e. The van der Waals surface area contributed by atoms with Crippen LogP contribution in [0.3, 0.4) is 0 Å². The lowest BCUT2D eigenvalue weighted by atomic mass is 9.82. The van der Waals surface area contributed by atoms with E-state index in [-0.39, 0.29) is 111 Å². The maximum atomic E-state index is 15.2. The minimum absolute atomic E-state index is 0.126. The van der Waals surface area contributed by atoms with Crippen LogP contribution in [0.4, 0.5) is 4.79 Å². The number of alkyl carbamates (subject to hydrolysis) is 1. The highest BCUT2D eigenvalue weighted by atomic mass is 16.8. The first kappa shape index (κ1) is 104. The van der Waals surface area contributed by atoms with Gasteiger partial charge < -0.3 is 131 Å². The van der Waals surface area contributed by atoms with E-state index in [1.54, 1.807) is 60.7 Å². The molecule has 0 spiro atoms. The van der Waals surface area contributed by atoms with E-state index in [0.717, 1.165) is 83.1 Å². The molecule has 5 rings (SSSR count). The third-order valence-corrected chi connectivity index (χ3v) is 18.1. The van der Waals surface area contributed by atoms with Gasteiger partial charge in [0.15, 0.2) is 73.8 Å². The second kappa shape index (κ2) is 55.3. The Morgan fingerprint density at radius 1 is 0.328 bits per heavy atom. The molecule has 3 saturated heterocycles. The van der Waals surface area contributed by atoms with Crippen molar-refractivity contribution in [2.24, 2.45) is 0 Å². The van der Waals surface area contributed by atoms with Crippen LogP contribution in [0.2, 0.25) is 0 Å². The lowest BCUT2D eigenvalue weighted by Gasteiger charge is -2.44. The molecule has 0 radical (unpaired) electrons. The molecule has 0 aliphatic carbocycles. The van der Waals surface area contributed by atoms with Gasteiger partial charge in [0, 0.05) is 134 Å². The van der Waals surface area contributed by atoms with Gasteiger partial charge in [-0.25, -0.2) is 4.79 Å². The van der Waals surface area contributed by atoms with Crippen molar-refractivity contribution < 1.29 is 186 Å². The van der Waals surface area contributed by atoms with Crippen LogP contribution in [0.25, 0.3) is 0 Å². The topological polar surface area (TPSA) is 553 Å². The fourth-order valence-electron chi connectivity index (χ4n) is 12.9. The lowest BCUT2D eigenvalue weighted by Crippen LogP contribution is -2.63. The summed E-state index contributed by atoms with van der Waals surface area (Å²) >= 11 is 0. The number of esters is 12. The molecule has 5 N–H and O–H groups in total. The second-order valence-electron chi connectivity index (χ2n) is 28.4. The third-order valence-electron chi connectivity index (χ3n) is 18.1. The molecular weight excluding hydrogens is 1670 g/mol. The fraction of sp³-hybridized carbons (Fsp3) is 0.642. The zero-order chi connectivity index (χ0) is 92.1. The number of nitrogens with one attached hydrogen (secondary N) is 5. The number of ether oxygens (including phenoxy) is 22. The van der Waals surface area contributed by atoms with E-state index < -0.39 is 244 Å². The Bertz CT molecular complexity index is 3580. The highest BCUT2D eigenvalue weighted by Gasteiger charge is 2.56. The number of hydrogen-bond donors (Lipinski definition) is 5. The van der Waals surface area contributed by atoms with Crippen LogP contribution >= 0.6 is 0 Å². The summed E-state index contributed by atoms with van der Waals surface area (Å²) in [6.07, 6.45) is -25.1. The Labute approximate surface area is 720 Å². The zero-order valence-corrected chi connectivity index (χ0v) is 71.7. The molecule has 44 nitrogen and oxygen atoms in total. The Morgan fingerprint density at radius 3 is 0.896 bits per heavy atom. The summed E-state index contributed by atoms with van der Waals surface area (Å²) in [6, 6.07) is 15.8. The molecule has 3 aliphatic rings. The summed E-state index contributed by atoms with van der Waals surface area (Å²) in [4.78, 5) is 218. The van der Waals surface area contributed by atoms with E-state index in [4.69, 9.17) is 104 Å². The summed E-state index contributed by atoms with van der Waals surface area (Å²) in [5.41, 5.74) is -0.474. The van der Waals surface area contributed by atoms with E-state index >= 15 is 4.79 Å². The van der Waals surface area contributed by atoms with Gasteiger partial charge in [-0.3, -0.25) is 76.7 Å². The van der Waals surface area contributed by atoms with Gasteiger partial charge in [-0.1, -0.05) is 60.7 Å².